The van der Waals surface area contributed by atoms with Crippen LogP contribution in [0.4, 0.5) is 0 Å². The summed E-state index contributed by atoms with van der Waals surface area (Å²) < 4.78 is 10.4. The number of hydroxylamine groups is 1. The van der Waals surface area contributed by atoms with Crippen LogP contribution >= 0.6 is 11.6 Å². The van der Waals surface area contributed by atoms with Crippen LogP contribution in [0.3, 0.4) is 0 Å². The van der Waals surface area contributed by atoms with E-state index in [0.29, 0.717) is 22.9 Å². The standard InChI is InChI=1S/C16H12ClN3O4/c17-12-3-1-2-4-13(12)23-9-10-5-7-11(8-6-10)14-18-16(24-20-14)15(21)19-22/h1-8,22H,9H2,(H,19,21). The highest BCUT2D eigenvalue weighted by molar-refractivity contribution is 6.32. The first-order valence-electron chi connectivity index (χ1n) is 6.92. The van der Waals surface area contributed by atoms with Gasteiger partial charge >= 0.3 is 11.8 Å². The van der Waals surface area contributed by atoms with Gasteiger partial charge in [0.05, 0.1) is 5.02 Å². The number of hydrogen-bond acceptors (Lipinski definition) is 6. The molecule has 1 heterocycles. The van der Waals surface area contributed by atoms with E-state index in [-0.39, 0.29) is 11.7 Å². The van der Waals surface area contributed by atoms with E-state index in [0.717, 1.165) is 5.56 Å². The average Bonchev–Trinajstić information content (AvgIpc) is 3.11. The van der Waals surface area contributed by atoms with Crippen LogP contribution in [0.25, 0.3) is 11.4 Å². The van der Waals surface area contributed by atoms with E-state index in [1.807, 2.05) is 24.3 Å². The van der Waals surface area contributed by atoms with Gasteiger partial charge in [-0.3, -0.25) is 10.0 Å². The monoisotopic (exact) mass is 345 g/mol. The predicted molar refractivity (Wildman–Crippen MR) is 84.8 cm³/mol. The first-order chi connectivity index (χ1) is 11.7. The molecule has 0 unspecified atom stereocenters. The van der Waals surface area contributed by atoms with Crippen LogP contribution in [0, 0.1) is 0 Å². The molecule has 1 aromatic heterocycles. The molecule has 0 fully saturated rings. The molecule has 24 heavy (non-hydrogen) atoms. The van der Waals surface area contributed by atoms with E-state index in [1.54, 1.807) is 24.3 Å². The molecule has 0 bridgehead atoms. The summed E-state index contributed by atoms with van der Waals surface area (Å²) in [6, 6.07) is 14.5. The van der Waals surface area contributed by atoms with Crippen LogP contribution in [-0.4, -0.2) is 21.3 Å². The number of halogens is 1. The minimum Gasteiger partial charge on any atom is -0.487 e. The van der Waals surface area contributed by atoms with Gasteiger partial charge in [-0.2, -0.15) is 4.98 Å². The smallest absolute Gasteiger partial charge is 0.333 e. The number of carbonyl (C=O) groups is 1. The third-order valence-corrected chi connectivity index (χ3v) is 3.48. The Morgan fingerprint density at radius 3 is 2.67 bits per heavy atom. The van der Waals surface area contributed by atoms with Crippen molar-refractivity contribution in [2.24, 2.45) is 0 Å². The van der Waals surface area contributed by atoms with Crippen molar-refractivity contribution in [3.05, 3.63) is 65.0 Å². The van der Waals surface area contributed by atoms with Gasteiger partial charge in [-0.25, -0.2) is 5.48 Å². The van der Waals surface area contributed by atoms with Crippen molar-refractivity contribution in [3.63, 3.8) is 0 Å². The second kappa shape index (κ2) is 7.12. The van der Waals surface area contributed by atoms with E-state index < -0.39 is 5.91 Å². The Labute approximate surface area is 141 Å². The maximum atomic E-state index is 11.2. The Kier molecular flexibility index (Phi) is 4.74. The molecule has 122 valence electrons. The first-order valence-corrected chi connectivity index (χ1v) is 7.30. The summed E-state index contributed by atoms with van der Waals surface area (Å²) in [4.78, 5) is 15.1. The molecule has 0 saturated carbocycles. The maximum Gasteiger partial charge on any atom is 0.333 e. The lowest BCUT2D eigenvalue weighted by atomic mass is 10.1. The lowest BCUT2D eigenvalue weighted by molar-refractivity contribution is 0.0659. The van der Waals surface area contributed by atoms with E-state index >= 15 is 0 Å². The molecule has 0 atom stereocenters. The number of benzene rings is 2. The molecule has 0 radical (unpaired) electrons. The molecular weight excluding hydrogens is 334 g/mol. The van der Waals surface area contributed by atoms with E-state index in [4.69, 9.17) is 26.1 Å². The normalized spacial score (nSPS) is 10.4. The van der Waals surface area contributed by atoms with Crippen molar-refractivity contribution in [2.75, 3.05) is 0 Å². The van der Waals surface area contributed by atoms with Crippen molar-refractivity contribution >= 4 is 17.5 Å². The zero-order chi connectivity index (χ0) is 16.9. The second-order valence-electron chi connectivity index (χ2n) is 4.78. The van der Waals surface area contributed by atoms with Gasteiger partial charge in [0.2, 0.25) is 5.82 Å². The Balaban J connectivity index is 1.68. The van der Waals surface area contributed by atoms with Crippen LogP contribution in [-0.2, 0) is 6.61 Å². The summed E-state index contributed by atoms with van der Waals surface area (Å²) in [7, 11) is 0. The third kappa shape index (κ3) is 3.53. The second-order valence-corrected chi connectivity index (χ2v) is 5.19. The van der Waals surface area contributed by atoms with Gasteiger partial charge in [0.1, 0.15) is 12.4 Å². The summed E-state index contributed by atoms with van der Waals surface area (Å²) in [5.74, 6) is -0.328. The van der Waals surface area contributed by atoms with E-state index in [9.17, 15) is 4.79 Å². The lowest BCUT2D eigenvalue weighted by Gasteiger charge is -2.08. The highest BCUT2D eigenvalue weighted by atomic mass is 35.5. The molecule has 0 aliphatic carbocycles. The first kappa shape index (κ1) is 16.0. The van der Waals surface area contributed by atoms with Crippen LogP contribution in [0.2, 0.25) is 5.02 Å². The molecule has 0 spiro atoms. The van der Waals surface area contributed by atoms with E-state index in [2.05, 4.69) is 10.1 Å². The fraction of sp³-hybridized carbons (Fsp3) is 0.0625. The zero-order valence-corrected chi connectivity index (χ0v) is 13.0. The summed E-state index contributed by atoms with van der Waals surface area (Å²) in [5.41, 5.74) is 3.02. The van der Waals surface area contributed by atoms with Crippen molar-refractivity contribution in [1.29, 1.82) is 0 Å². The van der Waals surface area contributed by atoms with Gasteiger partial charge in [0, 0.05) is 5.56 Å². The molecule has 3 aromatic rings. The number of para-hydroxylation sites is 1. The van der Waals surface area contributed by atoms with Gasteiger partial charge in [-0.05, 0) is 17.7 Å². The molecule has 2 aromatic carbocycles. The Hall–Kier alpha value is -2.90. The number of ether oxygens (including phenoxy) is 1. The van der Waals surface area contributed by atoms with Crippen LogP contribution in [0.15, 0.2) is 53.1 Å². The Morgan fingerprint density at radius 1 is 1.21 bits per heavy atom. The third-order valence-electron chi connectivity index (χ3n) is 3.16. The number of aromatic nitrogens is 2. The number of nitrogens with zero attached hydrogens (tertiary/aromatic N) is 2. The van der Waals surface area contributed by atoms with Crippen LogP contribution in [0.1, 0.15) is 16.2 Å². The SMILES string of the molecule is O=C(NO)c1nc(-c2ccc(COc3ccccc3Cl)cc2)no1. The fourth-order valence-electron chi connectivity index (χ4n) is 1.95. The molecule has 2 N–H and O–H groups in total. The average molecular weight is 346 g/mol. The largest absolute Gasteiger partial charge is 0.487 e. The van der Waals surface area contributed by atoms with Crippen LogP contribution < -0.4 is 10.2 Å². The number of nitrogens with one attached hydrogen (secondary N) is 1. The maximum absolute atomic E-state index is 11.2. The minimum atomic E-state index is -0.862. The van der Waals surface area contributed by atoms with Crippen LogP contribution in [0.5, 0.6) is 5.75 Å². The number of carbonyl (C=O) groups excluding carboxylic acids is 1. The van der Waals surface area contributed by atoms with E-state index in [1.165, 1.54) is 5.48 Å². The summed E-state index contributed by atoms with van der Waals surface area (Å²) in [5, 5.41) is 12.8. The fourth-order valence-corrected chi connectivity index (χ4v) is 2.14. The number of rotatable bonds is 5. The van der Waals surface area contributed by atoms with Gasteiger partial charge < -0.3 is 9.26 Å². The molecule has 8 heteroatoms. The summed E-state index contributed by atoms with van der Waals surface area (Å²) >= 11 is 6.03. The Bertz CT molecular complexity index is 849. The van der Waals surface area contributed by atoms with Gasteiger partial charge in [0.25, 0.3) is 0 Å². The quantitative estimate of drug-likeness (QED) is 0.544. The van der Waals surface area contributed by atoms with Gasteiger partial charge in [-0.1, -0.05) is 53.2 Å². The van der Waals surface area contributed by atoms with Crippen molar-refractivity contribution < 1.29 is 19.3 Å². The summed E-state index contributed by atoms with van der Waals surface area (Å²) in [6.45, 7) is 0.356. The van der Waals surface area contributed by atoms with Crippen molar-refractivity contribution in [3.8, 4) is 17.1 Å². The van der Waals surface area contributed by atoms with Gasteiger partial charge in [0.15, 0.2) is 0 Å². The topological polar surface area (TPSA) is 97.5 Å². The molecule has 1 amide bonds. The Morgan fingerprint density at radius 2 is 1.96 bits per heavy atom. The van der Waals surface area contributed by atoms with Crippen molar-refractivity contribution in [2.45, 2.75) is 6.61 Å². The minimum absolute atomic E-state index is 0.243. The van der Waals surface area contributed by atoms with Crippen molar-refractivity contribution in [1.82, 2.24) is 15.6 Å². The lowest BCUT2D eigenvalue weighted by Crippen LogP contribution is -2.18. The number of amides is 1. The van der Waals surface area contributed by atoms with Gasteiger partial charge in [-0.15, -0.1) is 0 Å². The predicted octanol–water partition coefficient (Wildman–Crippen LogP) is 3.09. The molecule has 0 saturated heterocycles. The summed E-state index contributed by atoms with van der Waals surface area (Å²) in [6.07, 6.45) is 0. The highest BCUT2D eigenvalue weighted by Gasteiger charge is 2.15. The molecule has 0 aliphatic rings. The molecule has 0 aliphatic heterocycles. The molecule has 3 rings (SSSR count). The molecular formula is C16H12ClN3O4. The molecule has 7 nitrogen and oxygen atoms in total. The zero-order valence-electron chi connectivity index (χ0n) is 12.3. The highest BCUT2D eigenvalue weighted by Crippen LogP contribution is 2.24. The number of hydrogen-bond donors (Lipinski definition) is 2.